The Hall–Kier alpha value is -2.57. The number of nitrogens with zero attached hydrogens (tertiary/aromatic N) is 4. The Labute approximate surface area is 222 Å². The summed E-state index contributed by atoms with van der Waals surface area (Å²) in [6.07, 6.45) is 4.26. The lowest BCUT2D eigenvalue weighted by Crippen LogP contribution is -2.44. The van der Waals surface area contributed by atoms with E-state index in [0.717, 1.165) is 27.1 Å². The second-order valence-electron chi connectivity index (χ2n) is 8.35. The molecule has 1 amide bonds. The second kappa shape index (κ2) is 10.4. The first kappa shape index (κ1) is 25.1. The van der Waals surface area contributed by atoms with Gasteiger partial charge in [-0.3, -0.25) is 14.7 Å². The van der Waals surface area contributed by atoms with Gasteiger partial charge in [0.2, 0.25) is 5.91 Å². The Kier molecular flexibility index (Phi) is 7.27. The number of pyridine rings is 1. The Morgan fingerprint density at radius 2 is 1.89 bits per heavy atom. The van der Waals surface area contributed by atoms with Crippen LogP contribution in [0.3, 0.4) is 0 Å². The lowest BCUT2D eigenvalue weighted by atomic mass is 9.96. The van der Waals surface area contributed by atoms with Gasteiger partial charge in [-0.2, -0.15) is 4.31 Å². The van der Waals surface area contributed by atoms with Crippen LogP contribution in [0.25, 0.3) is 10.2 Å². The monoisotopic (exact) mass is 562 g/mol. The van der Waals surface area contributed by atoms with E-state index in [1.807, 2.05) is 30.3 Å². The molecule has 8 nitrogen and oxygen atoms in total. The maximum atomic E-state index is 13.8. The SMILES string of the molecule is COc1ccc2sc(N(Cc3ccncc3)C(=O)C3CCN(S(=O)(=O)c4ccc(Cl)s4)CC3)nc2c1. The van der Waals surface area contributed by atoms with Gasteiger partial charge in [-0.05, 0) is 54.8 Å². The summed E-state index contributed by atoms with van der Waals surface area (Å²) in [4.78, 5) is 24.3. The molecule has 36 heavy (non-hydrogen) atoms. The van der Waals surface area contributed by atoms with E-state index in [4.69, 9.17) is 21.3 Å². The van der Waals surface area contributed by atoms with Crippen molar-refractivity contribution in [2.75, 3.05) is 25.1 Å². The summed E-state index contributed by atoms with van der Waals surface area (Å²) in [6, 6.07) is 12.5. The predicted octanol–water partition coefficient (Wildman–Crippen LogP) is 5.05. The van der Waals surface area contributed by atoms with Crippen molar-refractivity contribution >= 4 is 65.6 Å². The molecule has 1 aliphatic heterocycles. The van der Waals surface area contributed by atoms with Crippen LogP contribution in [0.1, 0.15) is 18.4 Å². The van der Waals surface area contributed by atoms with E-state index < -0.39 is 10.0 Å². The molecule has 3 aromatic heterocycles. The van der Waals surface area contributed by atoms with Crippen LogP contribution in [0.2, 0.25) is 4.34 Å². The summed E-state index contributed by atoms with van der Waals surface area (Å²) in [5.74, 6) is 0.327. The number of benzene rings is 1. The summed E-state index contributed by atoms with van der Waals surface area (Å²) in [6.45, 7) is 0.896. The summed E-state index contributed by atoms with van der Waals surface area (Å²) in [5.41, 5.74) is 1.70. The standard InChI is InChI=1S/C24H23ClN4O4S3/c1-33-18-2-3-20-19(14-18)27-24(34-20)29(15-16-6-10-26-11-7-16)23(30)17-8-12-28(13-9-17)36(31,32)22-5-4-21(25)35-22/h2-7,10-11,14,17H,8-9,12-13,15H2,1H3. The number of rotatable bonds is 7. The average molecular weight is 563 g/mol. The highest BCUT2D eigenvalue weighted by Crippen LogP contribution is 2.35. The molecule has 4 aromatic rings. The van der Waals surface area contributed by atoms with Gasteiger partial charge in [0, 0.05) is 37.5 Å². The number of fused-ring (bicyclic) bond motifs is 1. The van der Waals surface area contributed by atoms with Gasteiger partial charge < -0.3 is 4.74 Å². The van der Waals surface area contributed by atoms with Crippen molar-refractivity contribution < 1.29 is 17.9 Å². The molecule has 0 spiro atoms. The van der Waals surface area contributed by atoms with E-state index in [9.17, 15) is 13.2 Å². The molecule has 12 heteroatoms. The van der Waals surface area contributed by atoms with Crippen molar-refractivity contribution in [3.05, 3.63) is 64.8 Å². The van der Waals surface area contributed by atoms with Gasteiger partial charge in [-0.25, -0.2) is 13.4 Å². The first-order chi connectivity index (χ1) is 17.3. The molecule has 1 aliphatic rings. The number of thiazole rings is 1. The summed E-state index contributed by atoms with van der Waals surface area (Å²) in [7, 11) is -2.02. The molecule has 1 fully saturated rings. The number of methoxy groups -OCH3 is 1. The normalized spacial score (nSPS) is 15.3. The van der Waals surface area contributed by atoms with Crippen LogP contribution in [-0.4, -0.2) is 48.8 Å². The molecule has 0 N–H and O–H groups in total. The molecular weight excluding hydrogens is 540 g/mol. The van der Waals surface area contributed by atoms with E-state index in [1.54, 1.807) is 30.5 Å². The predicted molar refractivity (Wildman–Crippen MR) is 142 cm³/mol. The van der Waals surface area contributed by atoms with Crippen molar-refractivity contribution in [1.29, 1.82) is 0 Å². The quantitative estimate of drug-likeness (QED) is 0.313. The number of carbonyl (C=O) groups excluding carboxylic acids is 1. The lowest BCUT2D eigenvalue weighted by Gasteiger charge is -2.32. The third-order valence-corrected chi connectivity index (χ3v) is 10.8. The maximum Gasteiger partial charge on any atom is 0.252 e. The third-order valence-electron chi connectivity index (χ3n) is 6.12. The van der Waals surface area contributed by atoms with Gasteiger partial charge in [0.25, 0.3) is 10.0 Å². The Morgan fingerprint density at radius 3 is 2.56 bits per heavy atom. The topological polar surface area (TPSA) is 92.7 Å². The minimum Gasteiger partial charge on any atom is -0.497 e. The van der Waals surface area contributed by atoms with Gasteiger partial charge in [0.1, 0.15) is 9.96 Å². The number of aromatic nitrogens is 2. The van der Waals surface area contributed by atoms with Gasteiger partial charge in [-0.1, -0.05) is 22.9 Å². The first-order valence-electron chi connectivity index (χ1n) is 11.3. The van der Waals surface area contributed by atoms with Crippen LogP contribution >= 0.6 is 34.3 Å². The molecule has 4 heterocycles. The summed E-state index contributed by atoms with van der Waals surface area (Å²) >= 11 is 8.43. The Bertz CT molecular complexity index is 1480. The minimum absolute atomic E-state index is 0.0611. The number of halogens is 1. The number of anilines is 1. The van der Waals surface area contributed by atoms with Crippen LogP contribution in [0, 0.1) is 5.92 Å². The molecule has 0 aliphatic carbocycles. The van der Waals surface area contributed by atoms with Crippen LogP contribution in [-0.2, 0) is 21.4 Å². The van der Waals surface area contributed by atoms with Gasteiger partial charge >= 0.3 is 0 Å². The number of thiophene rings is 1. The minimum atomic E-state index is -3.62. The number of amides is 1. The van der Waals surface area contributed by atoms with E-state index in [1.165, 1.54) is 21.7 Å². The summed E-state index contributed by atoms with van der Waals surface area (Å²) < 4.78 is 34.3. The highest BCUT2D eigenvalue weighted by molar-refractivity contribution is 7.91. The van der Waals surface area contributed by atoms with Gasteiger partial charge in [0.15, 0.2) is 5.13 Å². The molecule has 1 aromatic carbocycles. The van der Waals surface area contributed by atoms with Crippen molar-refractivity contribution in [1.82, 2.24) is 14.3 Å². The van der Waals surface area contributed by atoms with Crippen LogP contribution < -0.4 is 9.64 Å². The molecule has 0 atom stereocenters. The van der Waals surface area contributed by atoms with Crippen molar-refractivity contribution in [2.45, 2.75) is 23.6 Å². The second-order valence-corrected chi connectivity index (χ2v) is 13.2. The van der Waals surface area contributed by atoms with Crippen LogP contribution in [0.15, 0.2) is 59.1 Å². The van der Waals surface area contributed by atoms with E-state index >= 15 is 0 Å². The molecule has 1 saturated heterocycles. The molecular formula is C24H23ClN4O4S3. The van der Waals surface area contributed by atoms with Crippen LogP contribution in [0.5, 0.6) is 5.75 Å². The fourth-order valence-electron chi connectivity index (χ4n) is 4.18. The fraction of sp³-hybridized carbons (Fsp3) is 0.292. The van der Waals surface area contributed by atoms with Crippen molar-refractivity contribution in [2.24, 2.45) is 5.92 Å². The van der Waals surface area contributed by atoms with Gasteiger partial charge in [-0.15, -0.1) is 11.3 Å². The fourth-order valence-corrected chi connectivity index (χ4v) is 8.23. The zero-order valence-corrected chi connectivity index (χ0v) is 22.5. The molecule has 0 radical (unpaired) electrons. The number of hydrogen-bond acceptors (Lipinski definition) is 8. The van der Waals surface area contributed by atoms with E-state index in [0.29, 0.717) is 34.6 Å². The van der Waals surface area contributed by atoms with Crippen molar-refractivity contribution in [3.63, 3.8) is 0 Å². The largest absolute Gasteiger partial charge is 0.497 e. The van der Waals surface area contributed by atoms with E-state index in [2.05, 4.69) is 4.98 Å². The molecule has 5 rings (SSSR count). The highest BCUT2D eigenvalue weighted by Gasteiger charge is 2.35. The zero-order chi connectivity index (χ0) is 25.3. The molecule has 0 unspecified atom stereocenters. The average Bonchev–Trinajstić information content (AvgIpc) is 3.53. The Balaban J connectivity index is 1.38. The number of sulfonamides is 1. The number of carbonyl (C=O) groups is 1. The third kappa shape index (κ3) is 5.12. The Morgan fingerprint density at radius 1 is 1.14 bits per heavy atom. The van der Waals surface area contributed by atoms with Gasteiger partial charge in [0.05, 0.1) is 28.2 Å². The molecule has 188 valence electrons. The lowest BCUT2D eigenvalue weighted by molar-refractivity contribution is -0.123. The molecule has 0 saturated carbocycles. The number of hydrogen-bond donors (Lipinski definition) is 0. The first-order valence-corrected chi connectivity index (χ1v) is 14.7. The number of piperidine rings is 1. The van der Waals surface area contributed by atoms with E-state index in [-0.39, 0.29) is 29.1 Å². The maximum absolute atomic E-state index is 13.8. The smallest absolute Gasteiger partial charge is 0.252 e. The van der Waals surface area contributed by atoms with Crippen LogP contribution in [0.4, 0.5) is 5.13 Å². The number of ether oxygens (including phenoxy) is 1. The molecule has 0 bridgehead atoms. The van der Waals surface area contributed by atoms with Crippen molar-refractivity contribution in [3.8, 4) is 5.75 Å². The highest BCUT2D eigenvalue weighted by atomic mass is 35.5. The summed E-state index contributed by atoms with van der Waals surface area (Å²) in [5, 5.41) is 0.600. The zero-order valence-electron chi connectivity index (χ0n) is 19.3.